The van der Waals surface area contributed by atoms with E-state index in [9.17, 15) is 9.18 Å². The quantitative estimate of drug-likeness (QED) is 0.754. The van der Waals surface area contributed by atoms with Crippen molar-refractivity contribution < 1.29 is 9.18 Å². The van der Waals surface area contributed by atoms with Crippen LogP contribution in [0, 0.1) is 11.7 Å². The maximum absolute atomic E-state index is 13.0. The lowest BCUT2D eigenvalue weighted by atomic mass is 9.97. The highest BCUT2D eigenvalue weighted by Crippen LogP contribution is 2.18. The van der Waals surface area contributed by atoms with Crippen LogP contribution < -0.4 is 0 Å². The lowest BCUT2D eigenvalue weighted by Crippen LogP contribution is -2.10. The van der Waals surface area contributed by atoms with Crippen molar-refractivity contribution in [3.63, 3.8) is 0 Å². The Hall–Kier alpha value is -0.700. The average Bonchev–Trinajstić information content (AvgIpc) is 2.14. The molecule has 0 fully saturated rings. The summed E-state index contributed by atoms with van der Waals surface area (Å²) in [4.78, 5) is 11.7. The van der Waals surface area contributed by atoms with E-state index < -0.39 is 0 Å². The van der Waals surface area contributed by atoms with E-state index in [0.29, 0.717) is 10.0 Å². The van der Waals surface area contributed by atoms with Crippen LogP contribution in [0.2, 0.25) is 0 Å². The van der Waals surface area contributed by atoms with E-state index in [0.717, 1.165) is 6.42 Å². The molecular formula is C11H12BrFO. The second kappa shape index (κ2) is 4.69. The Kier molecular flexibility index (Phi) is 3.81. The third-order valence-corrected chi connectivity index (χ3v) is 2.66. The fourth-order valence-corrected chi connectivity index (χ4v) is 1.63. The van der Waals surface area contributed by atoms with Gasteiger partial charge < -0.3 is 0 Å². The van der Waals surface area contributed by atoms with Crippen LogP contribution in [-0.2, 0) is 0 Å². The summed E-state index contributed by atoms with van der Waals surface area (Å²) in [6.45, 7) is 3.79. The van der Waals surface area contributed by atoms with Gasteiger partial charge in [-0.2, -0.15) is 0 Å². The first-order valence-corrected chi connectivity index (χ1v) is 5.34. The molecule has 1 rings (SSSR count). The van der Waals surface area contributed by atoms with E-state index in [1.165, 1.54) is 12.1 Å². The molecule has 0 amide bonds. The molecule has 1 nitrogen and oxygen atoms in total. The van der Waals surface area contributed by atoms with Crippen LogP contribution >= 0.6 is 15.9 Å². The molecule has 0 aliphatic heterocycles. The number of halogens is 2. The Labute approximate surface area is 91.5 Å². The van der Waals surface area contributed by atoms with Crippen LogP contribution in [0.4, 0.5) is 4.39 Å². The number of benzene rings is 1. The molecule has 0 N–H and O–H groups in total. The summed E-state index contributed by atoms with van der Waals surface area (Å²) < 4.78 is 13.6. The number of hydrogen-bond acceptors (Lipinski definition) is 1. The minimum atomic E-state index is -0.383. The average molecular weight is 259 g/mol. The number of ketones is 1. The van der Waals surface area contributed by atoms with Gasteiger partial charge in [0.25, 0.3) is 0 Å². The van der Waals surface area contributed by atoms with E-state index in [4.69, 9.17) is 0 Å². The van der Waals surface area contributed by atoms with E-state index in [-0.39, 0.29) is 17.5 Å². The Morgan fingerprint density at radius 2 is 2.14 bits per heavy atom. The summed E-state index contributed by atoms with van der Waals surface area (Å²) in [5.41, 5.74) is 0.436. The van der Waals surface area contributed by atoms with E-state index in [1.54, 1.807) is 6.07 Å². The third kappa shape index (κ3) is 2.64. The van der Waals surface area contributed by atoms with Gasteiger partial charge in [0.15, 0.2) is 5.78 Å². The van der Waals surface area contributed by atoms with Crippen LogP contribution in [0.5, 0.6) is 0 Å². The predicted molar refractivity (Wildman–Crippen MR) is 57.9 cm³/mol. The molecule has 3 heteroatoms. The largest absolute Gasteiger partial charge is 0.294 e. The Balaban J connectivity index is 3.01. The summed E-state index contributed by atoms with van der Waals surface area (Å²) in [5.74, 6) is -0.442. The van der Waals surface area contributed by atoms with Gasteiger partial charge in [0.2, 0.25) is 0 Å². The van der Waals surface area contributed by atoms with Crippen LogP contribution in [0.15, 0.2) is 22.7 Å². The van der Waals surface area contributed by atoms with Crippen LogP contribution in [-0.4, -0.2) is 5.78 Å². The lowest BCUT2D eigenvalue weighted by molar-refractivity contribution is 0.0926. The summed E-state index contributed by atoms with van der Waals surface area (Å²) in [6, 6.07) is 4.27. The smallest absolute Gasteiger partial charge is 0.165 e. The van der Waals surface area contributed by atoms with Crippen molar-refractivity contribution in [2.75, 3.05) is 0 Å². The molecule has 0 aliphatic rings. The molecule has 0 saturated carbocycles. The molecule has 0 aromatic heterocycles. The zero-order valence-electron chi connectivity index (χ0n) is 8.18. The SMILES string of the molecule is CCC(C)C(=O)c1cc(F)cc(Br)c1. The monoisotopic (exact) mass is 258 g/mol. The molecule has 0 radical (unpaired) electrons. The van der Waals surface area contributed by atoms with Crippen molar-refractivity contribution >= 4 is 21.7 Å². The molecule has 76 valence electrons. The highest BCUT2D eigenvalue weighted by Gasteiger charge is 2.14. The fraction of sp³-hybridized carbons (Fsp3) is 0.364. The summed E-state index contributed by atoms with van der Waals surface area (Å²) in [6.07, 6.45) is 0.771. The predicted octanol–water partition coefficient (Wildman–Crippen LogP) is 3.82. The first-order valence-electron chi connectivity index (χ1n) is 4.55. The van der Waals surface area contributed by atoms with Crippen LogP contribution in [0.25, 0.3) is 0 Å². The number of Topliss-reactive ketones (excluding diaryl/α,β-unsaturated/α-hetero) is 1. The summed E-state index contributed by atoms with van der Waals surface area (Å²) in [7, 11) is 0. The summed E-state index contributed by atoms with van der Waals surface area (Å²) in [5, 5.41) is 0. The maximum atomic E-state index is 13.0. The molecule has 1 atom stereocenters. The highest BCUT2D eigenvalue weighted by atomic mass is 79.9. The Morgan fingerprint density at radius 3 is 2.64 bits per heavy atom. The van der Waals surface area contributed by atoms with Gasteiger partial charge in [-0.25, -0.2) is 4.39 Å². The molecular weight excluding hydrogens is 247 g/mol. The maximum Gasteiger partial charge on any atom is 0.165 e. The van der Waals surface area contributed by atoms with Crippen molar-refractivity contribution in [2.45, 2.75) is 20.3 Å². The molecule has 1 aromatic carbocycles. The third-order valence-electron chi connectivity index (χ3n) is 2.21. The molecule has 0 heterocycles. The highest BCUT2D eigenvalue weighted by molar-refractivity contribution is 9.10. The molecule has 0 spiro atoms. The van der Waals surface area contributed by atoms with Crippen molar-refractivity contribution in [1.29, 1.82) is 0 Å². The molecule has 1 unspecified atom stereocenters. The van der Waals surface area contributed by atoms with Crippen molar-refractivity contribution in [1.82, 2.24) is 0 Å². The van der Waals surface area contributed by atoms with Crippen LogP contribution in [0.3, 0.4) is 0 Å². The van der Waals surface area contributed by atoms with Gasteiger partial charge in [0.05, 0.1) is 0 Å². The Morgan fingerprint density at radius 1 is 1.50 bits per heavy atom. The van der Waals surface area contributed by atoms with Gasteiger partial charge >= 0.3 is 0 Å². The first-order chi connectivity index (χ1) is 6.54. The second-order valence-corrected chi connectivity index (χ2v) is 4.25. The van der Waals surface area contributed by atoms with Crippen molar-refractivity contribution in [3.05, 3.63) is 34.1 Å². The minimum Gasteiger partial charge on any atom is -0.294 e. The van der Waals surface area contributed by atoms with Gasteiger partial charge in [-0.1, -0.05) is 29.8 Å². The van der Waals surface area contributed by atoms with Gasteiger partial charge in [0.1, 0.15) is 5.82 Å². The van der Waals surface area contributed by atoms with Gasteiger partial charge in [-0.15, -0.1) is 0 Å². The minimum absolute atomic E-state index is 0.00676. The number of rotatable bonds is 3. The van der Waals surface area contributed by atoms with Gasteiger partial charge in [-0.05, 0) is 24.6 Å². The van der Waals surface area contributed by atoms with Crippen molar-refractivity contribution in [3.8, 4) is 0 Å². The molecule has 0 saturated heterocycles. The zero-order valence-corrected chi connectivity index (χ0v) is 9.77. The Bertz CT molecular complexity index is 329. The van der Waals surface area contributed by atoms with Crippen molar-refractivity contribution in [2.24, 2.45) is 5.92 Å². The standard InChI is InChI=1S/C11H12BrFO/c1-3-7(2)11(14)8-4-9(12)6-10(13)5-8/h4-7H,3H2,1-2H3. The second-order valence-electron chi connectivity index (χ2n) is 3.33. The normalized spacial score (nSPS) is 12.6. The molecule has 1 aromatic rings. The molecule has 14 heavy (non-hydrogen) atoms. The first kappa shape index (κ1) is 11.4. The van der Waals surface area contributed by atoms with Gasteiger partial charge in [0, 0.05) is 16.0 Å². The van der Waals surface area contributed by atoms with Crippen LogP contribution in [0.1, 0.15) is 30.6 Å². The fourth-order valence-electron chi connectivity index (χ4n) is 1.17. The molecule has 0 aliphatic carbocycles. The number of carbonyl (C=O) groups excluding carboxylic acids is 1. The van der Waals surface area contributed by atoms with E-state index >= 15 is 0 Å². The number of hydrogen-bond donors (Lipinski definition) is 0. The number of carbonyl (C=O) groups is 1. The zero-order chi connectivity index (χ0) is 10.7. The lowest BCUT2D eigenvalue weighted by Gasteiger charge is -2.07. The topological polar surface area (TPSA) is 17.1 Å². The molecule has 0 bridgehead atoms. The van der Waals surface area contributed by atoms with E-state index in [1.807, 2.05) is 13.8 Å². The van der Waals surface area contributed by atoms with Gasteiger partial charge in [-0.3, -0.25) is 4.79 Å². The summed E-state index contributed by atoms with van der Waals surface area (Å²) >= 11 is 3.16. The van der Waals surface area contributed by atoms with E-state index in [2.05, 4.69) is 15.9 Å².